The lowest BCUT2D eigenvalue weighted by Gasteiger charge is -2.35. The second-order valence-corrected chi connectivity index (χ2v) is 6.82. The SMILES string of the molecule is CC(C)(C)c1ccc(C2=NC[C@@]3(OCCC[C@@H]3F)O2)cc1. The maximum absolute atomic E-state index is 14.1. The number of hydrogen-bond donors (Lipinski definition) is 0. The minimum absolute atomic E-state index is 0.106. The zero-order chi connectivity index (χ0) is 15.1. The molecule has 0 aromatic heterocycles. The molecule has 0 saturated carbocycles. The average Bonchev–Trinajstić information content (AvgIpc) is 2.87. The highest BCUT2D eigenvalue weighted by atomic mass is 19.1. The van der Waals surface area contributed by atoms with Gasteiger partial charge in [-0.1, -0.05) is 32.9 Å². The Morgan fingerprint density at radius 1 is 1.24 bits per heavy atom. The Hall–Kier alpha value is -1.42. The van der Waals surface area contributed by atoms with Crippen LogP contribution in [0.15, 0.2) is 29.3 Å². The summed E-state index contributed by atoms with van der Waals surface area (Å²) >= 11 is 0. The second kappa shape index (κ2) is 5.09. The van der Waals surface area contributed by atoms with Crippen LogP contribution in [0.5, 0.6) is 0 Å². The van der Waals surface area contributed by atoms with Crippen molar-refractivity contribution in [1.82, 2.24) is 0 Å². The Morgan fingerprint density at radius 2 is 1.95 bits per heavy atom. The molecule has 0 N–H and O–H groups in total. The minimum Gasteiger partial charge on any atom is -0.440 e. The van der Waals surface area contributed by atoms with Crippen molar-refractivity contribution in [2.75, 3.05) is 13.2 Å². The maximum atomic E-state index is 14.1. The molecule has 2 heterocycles. The highest BCUT2D eigenvalue weighted by molar-refractivity contribution is 5.95. The van der Waals surface area contributed by atoms with Crippen LogP contribution in [0, 0.1) is 0 Å². The van der Waals surface area contributed by atoms with Gasteiger partial charge in [-0.25, -0.2) is 9.38 Å². The van der Waals surface area contributed by atoms with E-state index in [1.54, 1.807) is 0 Å². The van der Waals surface area contributed by atoms with E-state index in [9.17, 15) is 4.39 Å². The van der Waals surface area contributed by atoms with Crippen molar-refractivity contribution < 1.29 is 13.9 Å². The van der Waals surface area contributed by atoms with Gasteiger partial charge in [0.15, 0.2) is 6.17 Å². The van der Waals surface area contributed by atoms with E-state index in [0.717, 1.165) is 12.0 Å². The quantitative estimate of drug-likeness (QED) is 0.791. The van der Waals surface area contributed by atoms with Gasteiger partial charge < -0.3 is 9.47 Å². The number of halogens is 1. The molecule has 2 aliphatic rings. The van der Waals surface area contributed by atoms with Crippen LogP contribution in [-0.4, -0.2) is 31.0 Å². The number of ether oxygens (including phenoxy) is 2. The van der Waals surface area contributed by atoms with Gasteiger partial charge in [0.05, 0.1) is 6.61 Å². The smallest absolute Gasteiger partial charge is 0.263 e. The predicted molar refractivity (Wildman–Crippen MR) is 80.4 cm³/mol. The number of alkyl halides is 1. The molecule has 114 valence electrons. The van der Waals surface area contributed by atoms with Crippen LogP contribution in [0.2, 0.25) is 0 Å². The molecule has 3 nitrogen and oxygen atoms in total. The lowest BCUT2D eigenvalue weighted by Crippen LogP contribution is -2.49. The monoisotopic (exact) mass is 291 g/mol. The first-order valence-corrected chi connectivity index (χ1v) is 7.53. The van der Waals surface area contributed by atoms with E-state index in [1.807, 2.05) is 12.1 Å². The Bertz CT molecular complexity index is 547. The number of rotatable bonds is 1. The zero-order valence-electron chi connectivity index (χ0n) is 12.9. The fraction of sp³-hybridized carbons (Fsp3) is 0.588. The van der Waals surface area contributed by atoms with Crippen molar-refractivity contribution in [1.29, 1.82) is 0 Å². The fourth-order valence-electron chi connectivity index (χ4n) is 2.73. The van der Waals surface area contributed by atoms with E-state index in [1.165, 1.54) is 5.56 Å². The molecule has 1 spiro atoms. The van der Waals surface area contributed by atoms with E-state index >= 15 is 0 Å². The van der Waals surface area contributed by atoms with E-state index < -0.39 is 12.0 Å². The highest BCUT2D eigenvalue weighted by Gasteiger charge is 2.49. The molecule has 3 rings (SSSR count). The van der Waals surface area contributed by atoms with Gasteiger partial charge in [0, 0.05) is 5.56 Å². The van der Waals surface area contributed by atoms with Crippen LogP contribution < -0.4 is 0 Å². The first-order chi connectivity index (χ1) is 9.91. The molecular formula is C17H22FNO2. The fourth-order valence-corrected chi connectivity index (χ4v) is 2.73. The van der Waals surface area contributed by atoms with Crippen LogP contribution in [0.1, 0.15) is 44.7 Å². The number of hydrogen-bond acceptors (Lipinski definition) is 3. The van der Waals surface area contributed by atoms with Gasteiger partial charge in [0.1, 0.15) is 6.54 Å². The lowest BCUT2D eigenvalue weighted by molar-refractivity contribution is -0.232. The van der Waals surface area contributed by atoms with Gasteiger partial charge in [-0.05, 0) is 36.0 Å². The third-order valence-electron chi connectivity index (χ3n) is 4.14. The van der Waals surface area contributed by atoms with Crippen molar-refractivity contribution in [2.45, 2.75) is 51.0 Å². The molecular weight excluding hydrogens is 269 g/mol. The van der Waals surface area contributed by atoms with Crippen LogP contribution in [0.3, 0.4) is 0 Å². The molecule has 21 heavy (non-hydrogen) atoms. The van der Waals surface area contributed by atoms with Gasteiger partial charge in [-0.3, -0.25) is 0 Å². The van der Waals surface area contributed by atoms with E-state index in [2.05, 4.69) is 37.9 Å². The van der Waals surface area contributed by atoms with Gasteiger partial charge >= 0.3 is 0 Å². The Labute approximate surface area is 125 Å². The maximum Gasteiger partial charge on any atom is 0.263 e. The summed E-state index contributed by atoms with van der Waals surface area (Å²) in [6, 6.07) is 8.10. The van der Waals surface area contributed by atoms with E-state index in [-0.39, 0.29) is 12.0 Å². The minimum atomic E-state index is -1.18. The summed E-state index contributed by atoms with van der Waals surface area (Å²) in [4.78, 5) is 4.35. The summed E-state index contributed by atoms with van der Waals surface area (Å²) < 4.78 is 25.5. The predicted octanol–water partition coefficient (Wildman–Crippen LogP) is 3.61. The van der Waals surface area contributed by atoms with Gasteiger partial charge in [0.2, 0.25) is 5.90 Å². The summed E-state index contributed by atoms with van der Waals surface area (Å²) in [5, 5.41) is 0. The summed E-state index contributed by atoms with van der Waals surface area (Å²) in [7, 11) is 0. The largest absolute Gasteiger partial charge is 0.440 e. The van der Waals surface area contributed by atoms with Crippen LogP contribution in [0.4, 0.5) is 4.39 Å². The van der Waals surface area contributed by atoms with Crippen LogP contribution in [-0.2, 0) is 14.9 Å². The van der Waals surface area contributed by atoms with E-state index in [0.29, 0.717) is 18.9 Å². The second-order valence-electron chi connectivity index (χ2n) is 6.82. The summed E-state index contributed by atoms with van der Waals surface area (Å²) in [5.41, 5.74) is 2.23. The third kappa shape index (κ3) is 2.69. The molecule has 1 saturated heterocycles. The number of nitrogens with zero attached hydrogens (tertiary/aromatic N) is 1. The molecule has 2 aliphatic heterocycles. The van der Waals surface area contributed by atoms with Crippen molar-refractivity contribution >= 4 is 5.90 Å². The van der Waals surface area contributed by atoms with Crippen molar-refractivity contribution in [3.63, 3.8) is 0 Å². The number of benzene rings is 1. The molecule has 0 amide bonds. The molecule has 4 heteroatoms. The molecule has 1 fully saturated rings. The topological polar surface area (TPSA) is 30.8 Å². The first kappa shape index (κ1) is 14.5. The summed E-state index contributed by atoms with van der Waals surface area (Å²) in [6.45, 7) is 7.29. The van der Waals surface area contributed by atoms with Gasteiger partial charge in [-0.15, -0.1) is 0 Å². The molecule has 0 bridgehead atoms. The molecule has 1 aromatic carbocycles. The lowest BCUT2D eigenvalue weighted by atomic mass is 9.87. The molecule has 2 atom stereocenters. The Balaban J connectivity index is 1.77. The average molecular weight is 291 g/mol. The molecule has 0 radical (unpaired) electrons. The van der Waals surface area contributed by atoms with E-state index in [4.69, 9.17) is 9.47 Å². The normalized spacial score (nSPS) is 29.3. The summed E-state index contributed by atoms with van der Waals surface area (Å²) in [6.07, 6.45) is 0.106. The van der Waals surface area contributed by atoms with Crippen molar-refractivity contribution in [2.24, 2.45) is 4.99 Å². The molecule has 0 aliphatic carbocycles. The van der Waals surface area contributed by atoms with Crippen LogP contribution in [0.25, 0.3) is 0 Å². The number of aliphatic imine (C=N–C) groups is 1. The van der Waals surface area contributed by atoms with Gasteiger partial charge in [-0.2, -0.15) is 0 Å². The molecule has 0 unspecified atom stereocenters. The first-order valence-electron chi connectivity index (χ1n) is 7.53. The highest BCUT2D eigenvalue weighted by Crippen LogP contribution is 2.34. The van der Waals surface area contributed by atoms with Crippen molar-refractivity contribution in [3.8, 4) is 0 Å². The van der Waals surface area contributed by atoms with Gasteiger partial charge in [0.25, 0.3) is 5.79 Å². The zero-order valence-corrected chi connectivity index (χ0v) is 12.9. The Kier molecular flexibility index (Phi) is 3.52. The Morgan fingerprint density at radius 3 is 2.57 bits per heavy atom. The summed E-state index contributed by atoms with van der Waals surface area (Å²) in [5.74, 6) is -0.698. The van der Waals surface area contributed by atoms with Crippen LogP contribution >= 0.6 is 0 Å². The molecule has 1 aromatic rings. The standard InChI is InChI=1S/C17H22FNO2/c1-16(2,3)13-8-6-12(7-9-13)15-19-11-17(21-15)14(18)5-4-10-20-17/h6-9,14H,4-5,10-11H2,1-3H3/t14-,17+/m0/s1. The third-order valence-corrected chi connectivity index (χ3v) is 4.14. The van der Waals surface area contributed by atoms with Crippen molar-refractivity contribution in [3.05, 3.63) is 35.4 Å².